The van der Waals surface area contributed by atoms with Crippen molar-refractivity contribution < 1.29 is 28.6 Å². The molecule has 0 fully saturated rings. The Morgan fingerprint density at radius 2 is 0.476 bits per heavy atom. The number of carbonyl (C=O) groups is 3. The molecule has 0 aliphatic rings. The molecule has 1 unspecified atom stereocenters. The topological polar surface area (TPSA) is 78.9 Å². The van der Waals surface area contributed by atoms with E-state index in [2.05, 4.69) is 130 Å². The zero-order chi connectivity index (χ0) is 59.2. The molecule has 0 aliphatic carbocycles. The maximum atomic E-state index is 13.0. The zero-order valence-electron chi connectivity index (χ0n) is 54.0. The summed E-state index contributed by atoms with van der Waals surface area (Å²) in [6, 6.07) is 0. The molecule has 0 aromatic rings. The molecular formula is C76H130O6. The Morgan fingerprint density at radius 1 is 0.256 bits per heavy atom. The molecule has 0 rings (SSSR count). The summed E-state index contributed by atoms with van der Waals surface area (Å²) in [5.41, 5.74) is 0. The van der Waals surface area contributed by atoms with Crippen LogP contribution in [-0.4, -0.2) is 37.2 Å². The van der Waals surface area contributed by atoms with Gasteiger partial charge in [-0.25, -0.2) is 0 Å². The maximum Gasteiger partial charge on any atom is 0.306 e. The van der Waals surface area contributed by atoms with Crippen molar-refractivity contribution in [2.24, 2.45) is 0 Å². The number of unbranched alkanes of at least 4 members (excludes halogenated alkanes) is 34. The molecule has 470 valence electrons. The minimum Gasteiger partial charge on any atom is -0.462 e. The van der Waals surface area contributed by atoms with Gasteiger partial charge in [-0.2, -0.15) is 0 Å². The quantitative estimate of drug-likeness (QED) is 0.0261. The van der Waals surface area contributed by atoms with Crippen molar-refractivity contribution in [3.05, 3.63) is 109 Å². The molecule has 0 heterocycles. The molecule has 1 atom stereocenters. The molecule has 0 aromatic heterocycles. The predicted molar refractivity (Wildman–Crippen MR) is 357 cm³/mol. The normalized spacial score (nSPS) is 12.8. The molecule has 0 spiro atoms. The monoisotopic (exact) mass is 1140 g/mol. The number of rotatable bonds is 63. The van der Waals surface area contributed by atoms with E-state index in [0.29, 0.717) is 19.3 Å². The van der Waals surface area contributed by atoms with Crippen LogP contribution in [0, 0.1) is 0 Å². The van der Waals surface area contributed by atoms with E-state index in [1.54, 1.807) is 0 Å². The number of allylic oxidation sites excluding steroid dienone is 18. The fourth-order valence-corrected chi connectivity index (χ4v) is 9.81. The number of hydrogen-bond donors (Lipinski definition) is 0. The lowest BCUT2D eigenvalue weighted by molar-refractivity contribution is -0.167. The fourth-order valence-electron chi connectivity index (χ4n) is 9.81. The molecule has 0 aromatic carbocycles. The Morgan fingerprint density at radius 3 is 0.756 bits per heavy atom. The van der Waals surface area contributed by atoms with Crippen LogP contribution in [0.3, 0.4) is 0 Å². The Kier molecular flexibility index (Phi) is 66.2. The molecule has 0 aliphatic heterocycles. The molecule has 0 amide bonds. The minimum absolute atomic E-state index is 0.0899. The highest BCUT2D eigenvalue weighted by Gasteiger charge is 2.19. The number of esters is 3. The van der Waals surface area contributed by atoms with E-state index in [4.69, 9.17) is 14.2 Å². The summed E-state index contributed by atoms with van der Waals surface area (Å²) in [4.78, 5) is 38.5. The van der Waals surface area contributed by atoms with Crippen molar-refractivity contribution in [1.82, 2.24) is 0 Å². The van der Waals surface area contributed by atoms with E-state index in [1.165, 1.54) is 148 Å². The van der Waals surface area contributed by atoms with Crippen molar-refractivity contribution in [3.8, 4) is 0 Å². The second-order valence-electron chi connectivity index (χ2n) is 23.1. The Balaban J connectivity index is 4.40. The van der Waals surface area contributed by atoms with E-state index in [1.807, 2.05) is 0 Å². The van der Waals surface area contributed by atoms with Crippen LogP contribution in [0.2, 0.25) is 0 Å². The van der Waals surface area contributed by atoms with Crippen molar-refractivity contribution in [2.75, 3.05) is 13.2 Å². The third-order valence-corrected chi connectivity index (χ3v) is 15.0. The molecule has 0 saturated heterocycles. The minimum atomic E-state index is -0.794. The van der Waals surface area contributed by atoms with E-state index in [9.17, 15) is 14.4 Å². The fraction of sp³-hybridized carbons (Fsp3) is 0.724. The molecule has 0 N–H and O–H groups in total. The van der Waals surface area contributed by atoms with Gasteiger partial charge in [-0.15, -0.1) is 0 Å². The van der Waals surface area contributed by atoms with Gasteiger partial charge < -0.3 is 14.2 Å². The SMILES string of the molecule is CC/C=C\C/C=C\C/C=C\C/C=C\C/C=C\C/C=C\C/C=C\CCCCCCCC(=O)OCC(COC(=O)CCCCCCC/C=C\C/C=C\CCCCCC)OC(=O)CCCCCCCCCCCCCCCCCCCCCCC. The largest absolute Gasteiger partial charge is 0.462 e. The van der Waals surface area contributed by atoms with Crippen LogP contribution in [0.1, 0.15) is 335 Å². The molecule has 0 radical (unpaired) electrons. The third kappa shape index (κ3) is 66.9. The highest BCUT2D eigenvalue weighted by molar-refractivity contribution is 5.71. The van der Waals surface area contributed by atoms with Crippen molar-refractivity contribution in [2.45, 2.75) is 341 Å². The maximum absolute atomic E-state index is 13.0. The van der Waals surface area contributed by atoms with Gasteiger partial charge in [0.2, 0.25) is 0 Å². The molecule has 6 heteroatoms. The van der Waals surface area contributed by atoms with Crippen molar-refractivity contribution in [1.29, 1.82) is 0 Å². The average Bonchev–Trinajstić information content (AvgIpc) is 3.47. The van der Waals surface area contributed by atoms with Gasteiger partial charge in [0.15, 0.2) is 6.10 Å². The van der Waals surface area contributed by atoms with E-state index >= 15 is 0 Å². The van der Waals surface area contributed by atoms with Crippen LogP contribution in [0.5, 0.6) is 0 Å². The van der Waals surface area contributed by atoms with Crippen LogP contribution in [0.15, 0.2) is 109 Å². The predicted octanol–water partition coefficient (Wildman–Crippen LogP) is 24.2. The number of ether oxygens (including phenoxy) is 3. The van der Waals surface area contributed by atoms with Crippen molar-refractivity contribution in [3.63, 3.8) is 0 Å². The Hall–Kier alpha value is -3.93. The van der Waals surface area contributed by atoms with Crippen LogP contribution in [-0.2, 0) is 28.6 Å². The van der Waals surface area contributed by atoms with Gasteiger partial charge in [-0.1, -0.05) is 316 Å². The van der Waals surface area contributed by atoms with Crippen molar-refractivity contribution >= 4 is 17.9 Å². The van der Waals surface area contributed by atoms with Crippen LogP contribution < -0.4 is 0 Å². The lowest BCUT2D eigenvalue weighted by atomic mass is 10.0. The molecular weight excluding hydrogens is 1010 g/mol. The highest BCUT2D eigenvalue weighted by Crippen LogP contribution is 2.17. The van der Waals surface area contributed by atoms with Crippen LogP contribution in [0.25, 0.3) is 0 Å². The van der Waals surface area contributed by atoms with Gasteiger partial charge in [-0.05, 0) is 109 Å². The number of carbonyl (C=O) groups excluding carboxylic acids is 3. The Bertz CT molecular complexity index is 1640. The second kappa shape index (κ2) is 69.6. The van der Waals surface area contributed by atoms with Crippen LogP contribution >= 0.6 is 0 Å². The summed E-state index contributed by atoms with van der Waals surface area (Å²) in [6.45, 7) is 6.52. The molecule has 82 heavy (non-hydrogen) atoms. The summed E-state index contributed by atoms with van der Waals surface area (Å²) in [5, 5.41) is 0. The molecule has 0 saturated carbocycles. The summed E-state index contributed by atoms with van der Waals surface area (Å²) in [5.74, 6) is -0.907. The summed E-state index contributed by atoms with van der Waals surface area (Å²) in [6.07, 6.45) is 95.3. The summed E-state index contributed by atoms with van der Waals surface area (Å²) >= 11 is 0. The highest BCUT2D eigenvalue weighted by atomic mass is 16.6. The summed E-state index contributed by atoms with van der Waals surface area (Å²) < 4.78 is 17.0. The average molecular weight is 1140 g/mol. The first-order valence-electron chi connectivity index (χ1n) is 34.9. The Labute approximate surface area is 508 Å². The first kappa shape index (κ1) is 78.1. The molecule has 0 bridgehead atoms. The van der Waals surface area contributed by atoms with E-state index in [-0.39, 0.29) is 31.1 Å². The third-order valence-electron chi connectivity index (χ3n) is 15.0. The van der Waals surface area contributed by atoms with Gasteiger partial charge in [0.25, 0.3) is 0 Å². The molecule has 6 nitrogen and oxygen atoms in total. The standard InChI is InChI=1S/C76H130O6/c1-4-7-10-13-16-19-22-25-28-31-33-35-36-37-38-39-40-42-43-45-48-51-54-57-60-63-66-69-75(78)81-72-73(71-80-74(77)68-65-62-59-56-53-50-47-30-27-24-21-18-15-12-9-6-3)82-76(79)70-67-64-61-58-55-52-49-46-44-41-34-32-29-26-23-20-17-14-11-8-5-2/h7,10,16,19,21,24-25,28,30,33,35,37-38,40,42,45,47-48,73H,4-6,8-9,11-15,17-18,20,22-23,26-27,29,31-32,34,36,39,41,43-44,46,49-72H2,1-3H3/b10-7-,19-16-,24-21-,28-25-,35-33-,38-37-,42-40-,47-30-,48-45-. The lowest BCUT2D eigenvalue weighted by Gasteiger charge is -2.18. The van der Waals surface area contributed by atoms with Gasteiger partial charge in [-0.3, -0.25) is 14.4 Å². The first-order chi connectivity index (χ1) is 40.5. The van der Waals surface area contributed by atoms with Gasteiger partial charge in [0.1, 0.15) is 13.2 Å². The first-order valence-corrected chi connectivity index (χ1v) is 34.9. The van der Waals surface area contributed by atoms with Gasteiger partial charge >= 0.3 is 17.9 Å². The summed E-state index contributed by atoms with van der Waals surface area (Å²) in [7, 11) is 0. The van der Waals surface area contributed by atoms with Gasteiger partial charge in [0, 0.05) is 19.3 Å². The lowest BCUT2D eigenvalue weighted by Crippen LogP contribution is -2.30. The van der Waals surface area contributed by atoms with E-state index < -0.39 is 6.10 Å². The zero-order valence-corrected chi connectivity index (χ0v) is 54.0. The number of hydrogen-bond acceptors (Lipinski definition) is 6. The smallest absolute Gasteiger partial charge is 0.306 e. The van der Waals surface area contributed by atoms with Gasteiger partial charge in [0.05, 0.1) is 0 Å². The van der Waals surface area contributed by atoms with Crippen LogP contribution in [0.4, 0.5) is 0 Å². The second-order valence-corrected chi connectivity index (χ2v) is 23.1. The van der Waals surface area contributed by atoms with E-state index in [0.717, 1.165) is 148 Å².